The first kappa shape index (κ1) is 7.35. The van der Waals surface area contributed by atoms with E-state index in [-0.39, 0.29) is 0 Å². The molecule has 0 unspecified atom stereocenters. The first-order valence-electron chi connectivity index (χ1n) is 4.09. The minimum Gasteiger partial charge on any atom is -0.318 e. The quantitative estimate of drug-likeness (QED) is 0.577. The molecule has 2 heteroatoms. The molecule has 2 aromatic heterocycles. The van der Waals surface area contributed by atoms with Gasteiger partial charge in [-0.25, -0.2) is 0 Å². The van der Waals surface area contributed by atoms with Crippen molar-refractivity contribution >= 4 is 5.52 Å². The fraction of sp³-hybridized carbons (Fsp3) is 0.300. The van der Waals surface area contributed by atoms with Crippen molar-refractivity contribution in [1.29, 1.82) is 0 Å². The second kappa shape index (κ2) is 2.34. The van der Waals surface area contributed by atoms with Gasteiger partial charge in [0, 0.05) is 11.9 Å². The van der Waals surface area contributed by atoms with Crippen molar-refractivity contribution in [1.82, 2.24) is 9.38 Å². The summed E-state index contributed by atoms with van der Waals surface area (Å²) >= 11 is 0. The van der Waals surface area contributed by atoms with E-state index in [1.54, 1.807) is 0 Å². The van der Waals surface area contributed by atoms with Crippen LogP contribution in [0.2, 0.25) is 0 Å². The molecule has 0 saturated carbocycles. The Morgan fingerprint density at radius 1 is 1.25 bits per heavy atom. The Bertz CT molecular complexity index is 427. The van der Waals surface area contributed by atoms with Crippen LogP contribution in [0.15, 0.2) is 18.5 Å². The van der Waals surface area contributed by atoms with Gasteiger partial charge in [-0.05, 0) is 32.4 Å². The Labute approximate surface area is 71.9 Å². The van der Waals surface area contributed by atoms with E-state index in [0.717, 1.165) is 5.69 Å². The average Bonchev–Trinajstić information content (AvgIpc) is 2.28. The van der Waals surface area contributed by atoms with Crippen LogP contribution in [0, 0.1) is 20.8 Å². The van der Waals surface area contributed by atoms with E-state index < -0.39 is 0 Å². The standard InChI is InChI=1S/C10H12N2/c1-7-4-9(3)12-6-8(2)11-5-10(7)12/h4-6H,1-3H3. The van der Waals surface area contributed by atoms with E-state index in [4.69, 9.17) is 0 Å². The second-order valence-corrected chi connectivity index (χ2v) is 3.25. The molecule has 0 saturated heterocycles. The summed E-state index contributed by atoms with van der Waals surface area (Å²) in [6.07, 6.45) is 4.00. The van der Waals surface area contributed by atoms with Crippen LogP contribution in [-0.2, 0) is 0 Å². The topological polar surface area (TPSA) is 17.3 Å². The van der Waals surface area contributed by atoms with Crippen LogP contribution < -0.4 is 0 Å². The molecular formula is C10H12N2. The first-order chi connectivity index (χ1) is 5.68. The van der Waals surface area contributed by atoms with Gasteiger partial charge in [-0.3, -0.25) is 4.98 Å². The van der Waals surface area contributed by atoms with Crippen molar-refractivity contribution in [2.45, 2.75) is 20.8 Å². The monoisotopic (exact) mass is 160 g/mol. The molecule has 2 aromatic rings. The Balaban J connectivity index is 2.90. The minimum atomic E-state index is 1.06. The number of nitrogens with zero attached hydrogens (tertiary/aromatic N) is 2. The molecule has 0 bridgehead atoms. The van der Waals surface area contributed by atoms with E-state index >= 15 is 0 Å². The third kappa shape index (κ3) is 0.916. The summed E-state index contributed by atoms with van der Waals surface area (Å²) in [5, 5.41) is 0. The maximum Gasteiger partial charge on any atom is 0.0666 e. The third-order valence-electron chi connectivity index (χ3n) is 2.18. The maximum atomic E-state index is 4.26. The van der Waals surface area contributed by atoms with Gasteiger partial charge in [0.15, 0.2) is 0 Å². The van der Waals surface area contributed by atoms with Gasteiger partial charge >= 0.3 is 0 Å². The van der Waals surface area contributed by atoms with E-state index in [2.05, 4.69) is 35.5 Å². The third-order valence-corrected chi connectivity index (χ3v) is 2.18. The summed E-state index contributed by atoms with van der Waals surface area (Å²) < 4.78 is 2.18. The highest BCUT2D eigenvalue weighted by atomic mass is 14.9. The summed E-state index contributed by atoms with van der Waals surface area (Å²) in [6, 6.07) is 2.18. The zero-order valence-corrected chi connectivity index (χ0v) is 7.63. The van der Waals surface area contributed by atoms with Gasteiger partial charge in [0.1, 0.15) is 0 Å². The summed E-state index contributed by atoms with van der Waals surface area (Å²) in [5.41, 5.74) is 4.83. The second-order valence-electron chi connectivity index (χ2n) is 3.25. The predicted octanol–water partition coefficient (Wildman–Crippen LogP) is 2.26. The minimum absolute atomic E-state index is 1.06. The van der Waals surface area contributed by atoms with Crippen LogP contribution >= 0.6 is 0 Å². The average molecular weight is 160 g/mol. The predicted molar refractivity (Wildman–Crippen MR) is 49.4 cm³/mol. The Morgan fingerprint density at radius 2 is 2.00 bits per heavy atom. The van der Waals surface area contributed by atoms with E-state index in [9.17, 15) is 0 Å². The lowest BCUT2D eigenvalue weighted by molar-refractivity contribution is 1.04. The molecule has 0 aliphatic rings. The van der Waals surface area contributed by atoms with Crippen molar-refractivity contribution in [3.8, 4) is 0 Å². The van der Waals surface area contributed by atoms with Crippen LogP contribution in [0.3, 0.4) is 0 Å². The molecule has 2 nitrogen and oxygen atoms in total. The highest BCUT2D eigenvalue weighted by Gasteiger charge is 2.01. The fourth-order valence-electron chi connectivity index (χ4n) is 1.56. The van der Waals surface area contributed by atoms with Crippen molar-refractivity contribution < 1.29 is 0 Å². The number of fused-ring (bicyclic) bond motifs is 1. The zero-order chi connectivity index (χ0) is 8.72. The molecular weight excluding hydrogens is 148 g/mol. The van der Waals surface area contributed by atoms with E-state index in [0.29, 0.717) is 0 Å². The van der Waals surface area contributed by atoms with Crippen LogP contribution in [0.5, 0.6) is 0 Å². The van der Waals surface area contributed by atoms with Gasteiger partial charge in [0.05, 0.1) is 17.4 Å². The number of rotatable bonds is 0. The summed E-state index contributed by atoms with van der Waals surface area (Å²) in [4.78, 5) is 4.26. The van der Waals surface area contributed by atoms with Gasteiger partial charge in [0.2, 0.25) is 0 Å². The largest absolute Gasteiger partial charge is 0.318 e. The summed E-state index contributed by atoms with van der Waals surface area (Å²) in [6.45, 7) is 6.23. The molecule has 2 rings (SSSR count). The molecule has 0 amide bonds. The first-order valence-corrected chi connectivity index (χ1v) is 4.09. The lowest BCUT2D eigenvalue weighted by atomic mass is 10.3. The highest BCUT2D eigenvalue weighted by Crippen LogP contribution is 2.14. The summed E-state index contributed by atoms with van der Waals surface area (Å²) in [7, 11) is 0. The summed E-state index contributed by atoms with van der Waals surface area (Å²) in [5.74, 6) is 0. The molecule has 62 valence electrons. The van der Waals surface area contributed by atoms with Crippen molar-refractivity contribution in [3.63, 3.8) is 0 Å². The van der Waals surface area contributed by atoms with E-state index in [1.165, 1.54) is 16.8 Å². The normalized spacial score (nSPS) is 10.9. The molecule has 2 heterocycles. The molecule has 0 radical (unpaired) electrons. The molecule has 0 fully saturated rings. The Hall–Kier alpha value is -1.31. The van der Waals surface area contributed by atoms with Gasteiger partial charge in [-0.2, -0.15) is 0 Å². The highest BCUT2D eigenvalue weighted by molar-refractivity contribution is 5.55. The molecule has 12 heavy (non-hydrogen) atoms. The molecule has 0 aromatic carbocycles. The smallest absolute Gasteiger partial charge is 0.0666 e. The lowest BCUT2D eigenvalue weighted by Crippen LogP contribution is -1.90. The van der Waals surface area contributed by atoms with Gasteiger partial charge in [-0.15, -0.1) is 0 Å². The number of hydrogen-bond donors (Lipinski definition) is 0. The molecule has 0 aliphatic heterocycles. The zero-order valence-electron chi connectivity index (χ0n) is 7.63. The molecule has 0 aliphatic carbocycles. The van der Waals surface area contributed by atoms with Crippen molar-refractivity contribution in [2.24, 2.45) is 0 Å². The van der Waals surface area contributed by atoms with Crippen LogP contribution in [-0.4, -0.2) is 9.38 Å². The van der Waals surface area contributed by atoms with Gasteiger partial charge < -0.3 is 4.40 Å². The van der Waals surface area contributed by atoms with E-state index in [1.807, 2.05) is 13.1 Å². The Kier molecular flexibility index (Phi) is 1.43. The van der Waals surface area contributed by atoms with Crippen LogP contribution in [0.4, 0.5) is 0 Å². The molecule has 0 N–H and O–H groups in total. The van der Waals surface area contributed by atoms with Crippen LogP contribution in [0.25, 0.3) is 5.52 Å². The molecule has 0 atom stereocenters. The number of aryl methyl sites for hydroxylation is 3. The van der Waals surface area contributed by atoms with Crippen molar-refractivity contribution in [2.75, 3.05) is 0 Å². The van der Waals surface area contributed by atoms with Gasteiger partial charge in [0.25, 0.3) is 0 Å². The Morgan fingerprint density at radius 3 is 2.75 bits per heavy atom. The number of aromatic nitrogens is 2. The lowest BCUT2D eigenvalue weighted by Gasteiger charge is -1.98. The fourth-order valence-corrected chi connectivity index (χ4v) is 1.56. The molecule has 0 spiro atoms. The number of hydrogen-bond acceptors (Lipinski definition) is 1. The SMILES string of the molecule is Cc1cn2c(C)cc(C)c2cn1. The maximum absolute atomic E-state index is 4.26. The van der Waals surface area contributed by atoms with Crippen LogP contribution in [0.1, 0.15) is 17.0 Å². The van der Waals surface area contributed by atoms with Crippen molar-refractivity contribution in [3.05, 3.63) is 35.4 Å². The van der Waals surface area contributed by atoms with Gasteiger partial charge in [-0.1, -0.05) is 0 Å².